The Labute approximate surface area is 265 Å². The Hall–Kier alpha value is -4.14. The lowest BCUT2D eigenvalue weighted by Crippen LogP contribution is -2.54. The number of halogens is 1. The molecule has 0 aliphatic heterocycles. The van der Waals surface area contributed by atoms with Crippen molar-refractivity contribution < 1.29 is 18.0 Å². The van der Waals surface area contributed by atoms with Crippen molar-refractivity contribution in [1.82, 2.24) is 10.2 Å². The number of nitrogens with zero attached hydrogens (tertiary/aromatic N) is 2. The number of carbonyl (C=O) groups is 2. The molecule has 4 rings (SSSR count). The Morgan fingerprint density at radius 1 is 0.818 bits per heavy atom. The van der Waals surface area contributed by atoms with Crippen LogP contribution >= 0.6 is 11.6 Å². The predicted octanol–water partition coefficient (Wildman–Crippen LogP) is 6.32. The van der Waals surface area contributed by atoms with Gasteiger partial charge in [0.25, 0.3) is 10.0 Å². The number of benzene rings is 4. The quantitative estimate of drug-likeness (QED) is 0.198. The molecule has 0 aliphatic rings. The van der Waals surface area contributed by atoms with Gasteiger partial charge in [-0.15, -0.1) is 0 Å². The van der Waals surface area contributed by atoms with Crippen LogP contribution < -0.4 is 9.62 Å². The second kappa shape index (κ2) is 14.6. The number of anilines is 1. The lowest BCUT2D eigenvalue weighted by Gasteiger charge is -2.34. The van der Waals surface area contributed by atoms with E-state index in [0.29, 0.717) is 10.6 Å². The third-order valence-corrected chi connectivity index (χ3v) is 9.36. The molecule has 0 spiro atoms. The zero-order valence-corrected chi connectivity index (χ0v) is 27.0. The first-order chi connectivity index (χ1) is 21.0. The third-order valence-electron chi connectivity index (χ3n) is 7.35. The maximum absolute atomic E-state index is 14.5. The fourth-order valence-corrected chi connectivity index (χ4v) is 6.65. The topological polar surface area (TPSA) is 86.8 Å². The molecular formula is C35H38ClN3O4S. The number of rotatable bonds is 12. The highest BCUT2D eigenvalue weighted by molar-refractivity contribution is 7.92. The van der Waals surface area contributed by atoms with Crippen LogP contribution in [-0.2, 0) is 32.6 Å². The molecule has 0 aromatic heterocycles. The van der Waals surface area contributed by atoms with Crippen molar-refractivity contribution >= 4 is 39.1 Å². The standard InChI is InChI=1S/C35H38ClN3O4S/c1-25(2)37-35(41)33(21-28-14-7-5-8-15-28)38(23-29-16-12-11-13-26(29)3)34(40)24-39(32-22-30(36)20-19-27(32)4)44(42,43)31-17-9-6-10-18-31/h5-20,22,25,33H,21,23-24H2,1-4H3,(H,37,41)/t33-/m1/s1. The van der Waals surface area contributed by atoms with Crippen LogP contribution in [0.3, 0.4) is 0 Å². The maximum Gasteiger partial charge on any atom is 0.264 e. The van der Waals surface area contributed by atoms with Crippen molar-refractivity contribution in [3.05, 3.63) is 130 Å². The molecule has 0 saturated heterocycles. The smallest absolute Gasteiger partial charge is 0.264 e. The molecule has 0 bridgehead atoms. The van der Waals surface area contributed by atoms with Gasteiger partial charge >= 0.3 is 0 Å². The summed E-state index contributed by atoms with van der Waals surface area (Å²) in [6.07, 6.45) is 0.249. The summed E-state index contributed by atoms with van der Waals surface area (Å²) in [5.74, 6) is -0.839. The van der Waals surface area contributed by atoms with Gasteiger partial charge in [-0.25, -0.2) is 8.42 Å². The van der Waals surface area contributed by atoms with Crippen molar-refractivity contribution in [2.45, 2.75) is 57.6 Å². The predicted molar refractivity (Wildman–Crippen MR) is 176 cm³/mol. The van der Waals surface area contributed by atoms with E-state index in [4.69, 9.17) is 11.6 Å². The van der Waals surface area contributed by atoms with Gasteiger partial charge in [-0.1, -0.05) is 90.5 Å². The summed E-state index contributed by atoms with van der Waals surface area (Å²) < 4.78 is 29.4. The minimum atomic E-state index is -4.20. The summed E-state index contributed by atoms with van der Waals surface area (Å²) in [4.78, 5) is 29.9. The van der Waals surface area contributed by atoms with Gasteiger partial charge in [0.1, 0.15) is 12.6 Å². The fourth-order valence-electron chi connectivity index (χ4n) is 4.99. The number of sulfonamides is 1. The van der Waals surface area contributed by atoms with Gasteiger partial charge in [0.2, 0.25) is 11.8 Å². The van der Waals surface area contributed by atoms with E-state index in [2.05, 4.69) is 5.32 Å². The van der Waals surface area contributed by atoms with Gasteiger partial charge in [-0.3, -0.25) is 13.9 Å². The Balaban J connectivity index is 1.84. The van der Waals surface area contributed by atoms with Crippen LogP contribution in [0.15, 0.2) is 108 Å². The summed E-state index contributed by atoms with van der Waals surface area (Å²) >= 11 is 6.34. The van der Waals surface area contributed by atoms with Gasteiger partial charge in [-0.05, 0) is 74.2 Å². The average molecular weight is 632 g/mol. The molecule has 1 atom stereocenters. The monoisotopic (exact) mass is 631 g/mol. The molecule has 0 unspecified atom stereocenters. The first kappa shape index (κ1) is 32.8. The highest BCUT2D eigenvalue weighted by atomic mass is 35.5. The van der Waals surface area contributed by atoms with Crippen LogP contribution in [-0.4, -0.2) is 43.8 Å². The molecule has 0 fully saturated rings. The highest BCUT2D eigenvalue weighted by Crippen LogP contribution is 2.30. The van der Waals surface area contributed by atoms with Crippen molar-refractivity contribution in [1.29, 1.82) is 0 Å². The molecule has 4 aromatic rings. The van der Waals surface area contributed by atoms with Crippen molar-refractivity contribution in [3.63, 3.8) is 0 Å². The van der Waals surface area contributed by atoms with Gasteiger partial charge in [0, 0.05) is 24.0 Å². The SMILES string of the molecule is Cc1ccccc1CN(C(=O)CN(c1cc(Cl)ccc1C)S(=O)(=O)c1ccccc1)[C@H](Cc1ccccc1)C(=O)NC(C)C. The molecule has 0 saturated carbocycles. The van der Waals surface area contributed by atoms with E-state index >= 15 is 0 Å². The first-order valence-electron chi connectivity index (χ1n) is 14.5. The summed E-state index contributed by atoms with van der Waals surface area (Å²) in [7, 11) is -4.20. The van der Waals surface area contributed by atoms with Crippen LogP contribution in [0.25, 0.3) is 0 Å². The van der Waals surface area contributed by atoms with E-state index in [1.807, 2.05) is 75.4 Å². The Kier molecular flexibility index (Phi) is 10.8. The molecule has 0 aliphatic carbocycles. The second-order valence-electron chi connectivity index (χ2n) is 11.1. The highest BCUT2D eigenvalue weighted by Gasteiger charge is 2.35. The zero-order chi connectivity index (χ0) is 31.9. The maximum atomic E-state index is 14.5. The Morgan fingerprint density at radius 2 is 1.43 bits per heavy atom. The lowest BCUT2D eigenvalue weighted by atomic mass is 10.0. The second-order valence-corrected chi connectivity index (χ2v) is 13.4. The molecular weight excluding hydrogens is 594 g/mol. The number of carbonyl (C=O) groups excluding carboxylic acids is 2. The van der Waals surface area contributed by atoms with E-state index in [1.54, 1.807) is 43.3 Å². The molecule has 0 heterocycles. The first-order valence-corrected chi connectivity index (χ1v) is 16.3. The molecule has 9 heteroatoms. The summed E-state index contributed by atoms with van der Waals surface area (Å²) in [6, 6.07) is 29.0. The van der Waals surface area contributed by atoms with Gasteiger partial charge < -0.3 is 10.2 Å². The summed E-state index contributed by atoms with van der Waals surface area (Å²) in [5.41, 5.74) is 3.60. The average Bonchev–Trinajstić information content (AvgIpc) is 3.00. The van der Waals surface area contributed by atoms with Gasteiger partial charge in [-0.2, -0.15) is 0 Å². The van der Waals surface area contributed by atoms with Crippen LogP contribution in [0.1, 0.15) is 36.1 Å². The molecule has 1 N–H and O–H groups in total. The largest absolute Gasteiger partial charge is 0.352 e. The van der Waals surface area contributed by atoms with E-state index < -0.39 is 28.5 Å². The van der Waals surface area contributed by atoms with E-state index in [0.717, 1.165) is 21.0 Å². The van der Waals surface area contributed by atoms with E-state index in [1.165, 1.54) is 17.0 Å². The third kappa shape index (κ3) is 8.07. The van der Waals surface area contributed by atoms with Crippen LogP contribution in [0.4, 0.5) is 5.69 Å². The molecule has 0 radical (unpaired) electrons. The number of nitrogens with one attached hydrogen (secondary N) is 1. The Morgan fingerprint density at radius 3 is 2.07 bits per heavy atom. The fraction of sp³-hybridized carbons (Fsp3) is 0.257. The number of aryl methyl sites for hydroxylation is 2. The Bertz CT molecular complexity index is 1700. The van der Waals surface area contributed by atoms with Crippen molar-refractivity contribution in [2.75, 3.05) is 10.8 Å². The zero-order valence-electron chi connectivity index (χ0n) is 25.4. The van der Waals surface area contributed by atoms with Crippen LogP contribution in [0.5, 0.6) is 0 Å². The summed E-state index contributed by atoms with van der Waals surface area (Å²) in [5, 5.41) is 3.31. The minimum absolute atomic E-state index is 0.0380. The summed E-state index contributed by atoms with van der Waals surface area (Å²) in [6.45, 7) is 7.01. The van der Waals surface area contributed by atoms with Crippen LogP contribution in [0.2, 0.25) is 5.02 Å². The minimum Gasteiger partial charge on any atom is -0.352 e. The number of hydrogen-bond donors (Lipinski definition) is 1. The molecule has 2 amide bonds. The van der Waals surface area contributed by atoms with Gasteiger partial charge in [0.15, 0.2) is 0 Å². The van der Waals surface area contributed by atoms with Crippen LogP contribution in [0, 0.1) is 13.8 Å². The normalized spacial score (nSPS) is 12.0. The lowest BCUT2D eigenvalue weighted by molar-refractivity contribution is -0.140. The van der Waals surface area contributed by atoms with E-state index in [9.17, 15) is 18.0 Å². The van der Waals surface area contributed by atoms with E-state index in [-0.39, 0.29) is 35.5 Å². The molecule has 7 nitrogen and oxygen atoms in total. The molecule has 4 aromatic carbocycles. The molecule has 44 heavy (non-hydrogen) atoms. The molecule has 230 valence electrons. The van der Waals surface area contributed by atoms with Crippen molar-refractivity contribution in [2.24, 2.45) is 0 Å². The number of hydrogen-bond acceptors (Lipinski definition) is 4. The van der Waals surface area contributed by atoms with Gasteiger partial charge in [0.05, 0.1) is 10.6 Å². The van der Waals surface area contributed by atoms with Crippen molar-refractivity contribution in [3.8, 4) is 0 Å². The number of amides is 2.